The van der Waals surface area contributed by atoms with Crippen LogP contribution in [0.1, 0.15) is 26.7 Å². The predicted octanol–water partition coefficient (Wildman–Crippen LogP) is 2.28. The molecule has 1 nitrogen and oxygen atoms in total. The normalized spacial score (nSPS) is 10.4. The third kappa shape index (κ3) is 3.17. The topological polar surface area (TPSA) is 20.2 Å². The van der Waals surface area contributed by atoms with E-state index in [1.54, 1.807) is 0 Å². The minimum absolute atomic E-state index is 0.0103. The van der Waals surface area contributed by atoms with Crippen LogP contribution in [0.25, 0.3) is 0 Å². The zero-order valence-electron chi connectivity index (χ0n) is 5.44. The Morgan fingerprint density at radius 3 is 2.12 bits per heavy atom. The summed E-state index contributed by atoms with van der Waals surface area (Å²) >= 11 is 0. The van der Waals surface area contributed by atoms with Gasteiger partial charge < -0.3 is 4.89 Å². The first-order valence-corrected chi connectivity index (χ1v) is 3.95. The second-order valence-electron chi connectivity index (χ2n) is 1.64. The maximum absolute atomic E-state index is 8.45. The Hall–Kier alpha value is 0.130. The Kier molecular flexibility index (Phi) is 5.36. The van der Waals surface area contributed by atoms with Crippen LogP contribution in [0.4, 0.5) is 0 Å². The highest BCUT2D eigenvalue weighted by atomic mass is 31.1. The molecule has 2 heteroatoms. The van der Waals surface area contributed by atoms with Crippen molar-refractivity contribution in [2.45, 2.75) is 26.7 Å². The van der Waals surface area contributed by atoms with Crippen LogP contribution in [0.5, 0.6) is 0 Å². The Bertz CT molecular complexity index is 72.6. The molecule has 0 aromatic carbocycles. The van der Waals surface area contributed by atoms with Crippen LogP contribution in [-0.2, 0) is 0 Å². The molecule has 0 heterocycles. The van der Waals surface area contributed by atoms with E-state index in [1.165, 1.54) is 5.57 Å². The average Bonchev–Trinajstić information content (AvgIpc) is 1.83. The standard InChI is InChI=1S/C6H13OP/c1-3-6(4-2)5-8-7/h5,7-8H,3-4H2,1-2H3. The van der Waals surface area contributed by atoms with E-state index < -0.39 is 0 Å². The van der Waals surface area contributed by atoms with Crippen LogP contribution in [0.2, 0.25) is 0 Å². The molecule has 0 rings (SSSR count). The number of hydrogen-bond acceptors (Lipinski definition) is 1. The largest absolute Gasteiger partial charge is 0.373 e. The molecule has 0 saturated heterocycles. The number of hydrogen-bond donors (Lipinski definition) is 1. The van der Waals surface area contributed by atoms with Crippen LogP contribution in [0.15, 0.2) is 11.4 Å². The van der Waals surface area contributed by atoms with Crippen molar-refractivity contribution in [2.75, 3.05) is 0 Å². The summed E-state index contributed by atoms with van der Waals surface area (Å²) in [5, 5.41) is 0. The van der Waals surface area contributed by atoms with E-state index in [-0.39, 0.29) is 8.81 Å². The van der Waals surface area contributed by atoms with Crippen LogP contribution >= 0.6 is 8.81 Å². The summed E-state index contributed by atoms with van der Waals surface area (Å²) < 4.78 is 0. The molecule has 0 fully saturated rings. The molecule has 1 atom stereocenters. The van der Waals surface area contributed by atoms with Crippen LogP contribution < -0.4 is 0 Å². The van der Waals surface area contributed by atoms with Crippen molar-refractivity contribution in [1.82, 2.24) is 0 Å². The fourth-order valence-electron chi connectivity index (χ4n) is 0.545. The van der Waals surface area contributed by atoms with Crippen LogP contribution in [-0.4, -0.2) is 4.89 Å². The van der Waals surface area contributed by atoms with Gasteiger partial charge in [-0.2, -0.15) is 0 Å². The molecular formula is C6H13OP. The van der Waals surface area contributed by atoms with E-state index in [2.05, 4.69) is 13.8 Å². The first-order valence-electron chi connectivity index (χ1n) is 2.92. The van der Waals surface area contributed by atoms with Gasteiger partial charge in [0.25, 0.3) is 0 Å². The van der Waals surface area contributed by atoms with Gasteiger partial charge in [0.15, 0.2) is 0 Å². The molecule has 48 valence electrons. The molecule has 0 saturated carbocycles. The Balaban J connectivity index is 3.49. The van der Waals surface area contributed by atoms with Gasteiger partial charge in [-0.3, -0.25) is 0 Å². The van der Waals surface area contributed by atoms with Crippen LogP contribution in [0.3, 0.4) is 0 Å². The van der Waals surface area contributed by atoms with Crippen molar-refractivity contribution >= 4 is 8.81 Å². The van der Waals surface area contributed by atoms with E-state index >= 15 is 0 Å². The molecule has 0 aromatic heterocycles. The Morgan fingerprint density at radius 2 is 2.00 bits per heavy atom. The monoisotopic (exact) mass is 132 g/mol. The Labute approximate surface area is 52.7 Å². The number of allylic oxidation sites excluding steroid dienone is 1. The van der Waals surface area contributed by atoms with Crippen LogP contribution in [0, 0.1) is 0 Å². The molecule has 0 amide bonds. The van der Waals surface area contributed by atoms with Gasteiger partial charge >= 0.3 is 0 Å². The third-order valence-electron chi connectivity index (χ3n) is 1.18. The first kappa shape index (κ1) is 8.13. The van der Waals surface area contributed by atoms with Gasteiger partial charge in [0.2, 0.25) is 0 Å². The smallest absolute Gasteiger partial charge is 0.0345 e. The minimum Gasteiger partial charge on any atom is -0.373 e. The molecule has 8 heavy (non-hydrogen) atoms. The molecule has 0 radical (unpaired) electrons. The average molecular weight is 132 g/mol. The lowest BCUT2D eigenvalue weighted by atomic mass is 10.2. The zero-order chi connectivity index (χ0) is 6.41. The molecule has 0 aliphatic carbocycles. The van der Waals surface area contributed by atoms with E-state index in [9.17, 15) is 0 Å². The molecule has 0 aliphatic heterocycles. The summed E-state index contributed by atoms with van der Waals surface area (Å²) in [4.78, 5) is 8.45. The van der Waals surface area contributed by atoms with Gasteiger partial charge in [-0.25, -0.2) is 0 Å². The van der Waals surface area contributed by atoms with E-state index in [0.717, 1.165) is 12.8 Å². The lowest BCUT2D eigenvalue weighted by Gasteiger charge is -1.95. The van der Waals surface area contributed by atoms with E-state index in [1.807, 2.05) is 5.82 Å². The fourth-order valence-corrected chi connectivity index (χ4v) is 1.14. The quantitative estimate of drug-likeness (QED) is 0.584. The van der Waals surface area contributed by atoms with Crippen molar-refractivity contribution in [1.29, 1.82) is 0 Å². The van der Waals surface area contributed by atoms with Gasteiger partial charge in [-0.05, 0) is 18.7 Å². The molecular weight excluding hydrogens is 119 g/mol. The summed E-state index contributed by atoms with van der Waals surface area (Å²) in [7, 11) is -0.0103. The predicted molar refractivity (Wildman–Crippen MR) is 39.2 cm³/mol. The fraction of sp³-hybridized carbons (Fsp3) is 0.667. The summed E-state index contributed by atoms with van der Waals surface area (Å²) in [5.74, 6) is 1.90. The molecule has 0 aliphatic rings. The van der Waals surface area contributed by atoms with Crippen molar-refractivity contribution in [2.24, 2.45) is 0 Å². The third-order valence-corrected chi connectivity index (χ3v) is 1.71. The van der Waals surface area contributed by atoms with Gasteiger partial charge in [-0.1, -0.05) is 19.4 Å². The minimum atomic E-state index is -0.0103. The van der Waals surface area contributed by atoms with Gasteiger partial charge in [0, 0.05) is 8.81 Å². The van der Waals surface area contributed by atoms with E-state index in [0.29, 0.717) is 0 Å². The van der Waals surface area contributed by atoms with Gasteiger partial charge in [0.05, 0.1) is 0 Å². The number of rotatable bonds is 3. The lowest BCUT2D eigenvalue weighted by Crippen LogP contribution is -1.72. The molecule has 0 bridgehead atoms. The SMILES string of the molecule is CCC(=CPO)CC. The van der Waals surface area contributed by atoms with Crippen molar-refractivity contribution < 1.29 is 4.89 Å². The molecule has 1 unspecified atom stereocenters. The van der Waals surface area contributed by atoms with E-state index in [4.69, 9.17) is 4.89 Å². The van der Waals surface area contributed by atoms with Crippen molar-refractivity contribution in [3.05, 3.63) is 11.4 Å². The first-order chi connectivity index (χ1) is 3.85. The maximum Gasteiger partial charge on any atom is 0.0345 e. The molecule has 0 aromatic rings. The highest BCUT2D eigenvalue weighted by Gasteiger charge is 1.85. The highest BCUT2D eigenvalue weighted by Crippen LogP contribution is 2.13. The van der Waals surface area contributed by atoms with Gasteiger partial charge in [-0.15, -0.1) is 0 Å². The summed E-state index contributed by atoms with van der Waals surface area (Å²) in [6.45, 7) is 4.21. The summed E-state index contributed by atoms with van der Waals surface area (Å²) in [6.07, 6.45) is 2.15. The maximum atomic E-state index is 8.45. The molecule has 0 spiro atoms. The highest BCUT2D eigenvalue weighted by molar-refractivity contribution is 7.35. The van der Waals surface area contributed by atoms with Crippen molar-refractivity contribution in [3.8, 4) is 0 Å². The zero-order valence-corrected chi connectivity index (χ0v) is 6.44. The second kappa shape index (κ2) is 5.27. The summed E-state index contributed by atoms with van der Waals surface area (Å²) in [6, 6.07) is 0. The molecule has 1 N–H and O–H groups in total. The second-order valence-corrected chi connectivity index (χ2v) is 2.19. The summed E-state index contributed by atoms with van der Waals surface area (Å²) in [5.41, 5.74) is 1.35. The van der Waals surface area contributed by atoms with Crippen molar-refractivity contribution in [3.63, 3.8) is 0 Å². The van der Waals surface area contributed by atoms with Gasteiger partial charge in [0.1, 0.15) is 0 Å². The Morgan fingerprint density at radius 1 is 1.50 bits per heavy atom. The lowest BCUT2D eigenvalue weighted by molar-refractivity contribution is 0.653.